The molecule has 0 amide bonds. The summed E-state index contributed by atoms with van der Waals surface area (Å²) < 4.78 is 4.76. The lowest BCUT2D eigenvalue weighted by Gasteiger charge is -2.16. The molecule has 4 heterocycles. The quantitative estimate of drug-likeness (QED) is 0.151. The zero-order valence-electron chi connectivity index (χ0n) is 36.4. The average molecular weight is 888 g/mol. The minimum Gasteiger partial charge on any atom is -0.309 e. The highest BCUT2D eigenvalue weighted by atomic mass is 32.1. The monoisotopic (exact) mass is 887 g/mol. The molecule has 0 fully saturated rings. The van der Waals surface area contributed by atoms with Crippen molar-refractivity contribution in [1.82, 2.24) is 34.5 Å². The summed E-state index contributed by atoms with van der Waals surface area (Å²) in [4.78, 5) is 31.3. The first-order valence-electron chi connectivity index (χ1n) is 22.5. The maximum absolute atomic E-state index is 5.43. The van der Waals surface area contributed by atoms with Crippen molar-refractivity contribution in [1.29, 1.82) is 0 Å². The lowest BCUT2D eigenvalue weighted by atomic mass is 10.0. The van der Waals surface area contributed by atoms with E-state index in [1.807, 2.05) is 91.0 Å². The van der Waals surface area contributed by atoms with Crippen molar-refractivity contribution in [3.63, 3.8) is 0 Å². The molecule has 0 bridgehead atoms. The number of hydrogen-bond acceptors (Lipinski definition) is 7. The number of para-hydroxylation sites is 1. The predicted molar refractivity (Wildman–Crippen MR) is 278 cm³/mol. The smallest absolute Gasteiger partial charge is 0.166 e. The Morgan fingerprint density at radius 2 is 0.706 bits per heavy atom. The van der Waals surface area contributed by atoms with E-state index >= 15 is 0 Å². The summed E-state index contributed by atoms with van der Waals surface area (Å²) in [6.45, 7) is 0. The van der Waals surface area contributed by atoms with Crippen molar-refractivity contribution < 1.29 is 0 Å². The number of rotatable bonds is 8. The van der Waals surface area contributed by atoms with Gasteiger partial charge in [0.15, 0.2) is 34.9 Å². The summed E-state index contributed by atoms with van der Waals surface area (Å²) in [5.74, 6) is 3.38. The number of thiophene rings is 1. The van der Waals surface area contributed by atoms with Gasteiger partial charge in [-0.05, 0) is 59.7 Å². The molecule has 0 spiro atoms. The van der Waals surface area contributed by atoms with E-state index in [4.69, 9.17) is 29.9 Å². The van der Waals surface area contributed by atoms with Crippen LogP contribution in [0.25, 0.3) is 127 Å². The second-order valence-corrected chi connectivity index (χ2v) is 17.8. The molecule has 0 radical (unpaired) electrons. The Morgan fingerprint density at radius 1 is 0.265 bits per heavy atom. The Bertz CT molecular complexity index is 3960. The van der Waals surface area contributed by atoms with Gasteiger partial charge in [-0.2, -0.15) is 0 Å². The van der Waals surface area contributed by atoms with Crippen LogP contribution in [0, 0.1) is 0 Å². The lowest BCUT2D eigenvalue weighted by molar-refractivity contribution is 1.06. The van der Waals surface area contributed by atoms with Crippen LogP contribution in [0.15, 0.2) is 224 Å². The standard InChI is InChI=1S/C60H37N7S/c1-5-17-38(18-6-1)42-30-33-51-48(35-42)45-25-13-15-27-50(45)67(51)52-34-31-43(58-62-55(39-19-7-2-8-20-39)61-56(63-58)40-21-9-3-10-22-40)36-49(52)60-65-57(41-23-11-4-12-24-41)64-59(66-60)44-29-32-47-46-26-14-16-28-53(46)68-54(47)37-44/h1-37H. The largest absolute Gasteiger partial charge is 0.309 e. The fraction of sp³-hybridized carbons (Fsp3) is 0. The molecule has 0 N–H and O–H groups in total. The zero-order chi connectivity index (χ0) is 45.0. The van der Waals surface area contributed by atoms with Gasteiger partial charge in [0.05, 0.1) is 16.7 Å². The first-order valence-corrected chi connectivity index (χ1v) is 23.3. The van der Waals surface area contributed by atoms with Crippen LogP contribution in [0.3, 0.4) is 0 Å². The fourth-order valence-corrected chi connectivity index (χ4v) is 10.4. The van der Waals surface area contributed by atoms with E-state index < -0.39 is 0 Å². The van der Waals surface area contributed by atoms with Crippen molar-refractivity contribution in [3.8, 4) is 85.1 Å². The van der Waals surface area contributed by atoms with Gasteiger partial charge < -0.3 is 4.57 Å². The molecule has 8 heteroatoms. The maximum Gasteiger partial charge on any atom is 0.166 e. The summed E-state index contributed by atoms with van der Waals surface area (Å²) in [5.41, 5.74) is 10.5. The molecule has 0 aliphatic rings. The summed E-state index contributed by atoms with van der Waals surface area (Å²) >= 11 is 1.78. The van der Waals surface area contributed by atoms with Crippen LogP contribution in [0.2, 0.25) is 0 Å². The van der Waals surface area contributed by atoms with Gasteiger partial charge in [0.1, 0.15) is 0 Å². The van der Waals surface area contributed by atoms with E-state index in [2.05, 4.69) is 138 Å². The molecule has 0 atom stereocenters. The topological polar surface area (TPSA) is 82.3 Å². The molecule has 9 aromatic carbocycles. The third-order valence-electron chi connectivity index (χ3n) is 12.5. The molecule has 0 saturated heterocycles. The van der Waals surface area contributed by atoms with Gasteiger partial charge in [-0.1, -0.05) is 176 Å². The number of aromatic nitrogens is 7. The van der Waals surface area contributed by atoms with E-state index in [9.17, 15) is 0 Å². The Labute approximate surface area is 395 Å². The van der Waals surface area contributed by atoms with Crippen LogP contribution in [-0.4, -0.2) is 34.5 Å². The number of hydrogen-bond donors (Lipinski definition) is 0. The third kappa shape index (κ3) is 6.99. The molecule has 0 saturated carbocycles. The molecule has 13 aromatic rings. The van der Waals surface area contributed by atoms with Gasteiger partial charge in [-0.15, -0.1) is 11.3 Å². The average Bonchev–Trinajstić information content (AvgIpc) is 3.96. The van der Waals surface area contributed by atoms with E-state index in [0.717, 1.165) is 66.4 Å². The van der Waals surface area contributed by atoms with Crippen LogP contribution in [0.1, 0.15) is 0 Å². The zero-order valence-corrected chi connectivity index (χ0v) is 37.2. The Hall–Kier alpha value is -8.98. The number of fused-ring (bicyclic) bond motifs is 6. The van der Waals surface area contributed by atoms with Gasteiger partial charge in [-0.3, -0.25) is 0 Å². The van der Waals surface area contributed by atoms with E-state index in [1.165, 1.54) is 25.7 Å². The Balaban J connectivity index is 1.08. The van der Waals surface area contributed by atoms with Crippen LogP contribution in [0.5, 0.6) is 0 Å². The molecule has 0 aliphatic carbocycles. The molecular formula is C60H37N7S. The third-order valence-corrected chi connectivity index (χ3v) is 13.7. The van der Waals surface area contributed by atoms with Crippen LogP contribution in [-0.2, 0) is 0 Å². The summed E-state index contributed by atoms with van der Waals surface area (Å²) in [5, 5.41) is 4.75. The predicted octanol–water partition coefficient (Wildman–Crippen LogP) is 15.2. The van der Waals surface area contributed by atoms with Crippen LogP contribution in [0.4, 0.5) is 0 Å². The van der Waals surface area contributed by atoms with Crippen molar-refractivity contribution >= 4 is 53.3 Å². The first kappa shape index (κ1) is 39.4. The second kappa shape index (κ2) is 16.5. The fourth-order valence-electron chi connectivity index (χ4n) is 9.24. The van der Waals surface area contributed by atoms with Crippen molar-refractivity contribution in [2.24, 2.45) is 0 Å². The summed E-state index contributed by atoms with van der Waals surface area (Å²) in [7, 11) is 0. The van der Waals surface area contributed by atoms with Crippen molar-refractivity contribution in [3.05, 3.63) is 224 Å². The van der Waals surface area contributed by atoms with Gasteiger partial charge in [-0.25, -0.2) is 29.9 Å². The maximum atomic E-state index is 5.43. The van der Waals surface area contributed by atoms with Crippen LogP contribution >= 0.6 is 11.3 Å². The number of nitrogens with zero attached hydrogens (tertiary/aromatic N) is 7. The second-order valence-electron chi connectivity index (χ2n) is 16.7. The summed E-state index contributed by atoms with van der Waals surface area (Å²) in [6, 6.07) is 77.7. The van der Waals surface area contributed by atoms with Crippen molar-refractivity contribution in [2.75, 3.05) is 0 Å². The van der Waals surface area contributed by atoms with Gasteiger partial charge in [0, 0.05) is 64.3 Å². The molecule has 318 valence electrons. The highest BCUT2D eigenvalue weighted by molar-refractivity contribution is 7.25. The Kier molecular flexibility index (Phi) is 9.54. The molecule has 68 heavy (non-hydrogen) atoms. The normalized spacial score (nSPS) is 11.5. The van der Waals surface area contributed by atoms with Gasteiger partial charge in [0.2, 0.25) is 0 Å². The SMILES string of the molecule is c1ccc(-c2ccc3c(c2)c2ccccc2n3-c2ccc(-c3nc(-c4ccccc4)nc(-c4ccccc4)n3)cc2-c2nc(-c3ccccc3)nc(-c3ccc4c(c3)sc3ccccc34)n2)cc1. The molecule has 13 rings (SSSR count). The molecular weight excluding hydrogens is 851 g/mol. The first-order chi connectivity index (χ1) is 33.7. The van der Waals surface area contributed by atoms with E-state index in [1.54, 1.807) is 11.3 Å². The highest BCUT2D eigenvalue weighted by Gasteiger charge is 2.22. The highest BCUT2D eigenvalue weighted by Crippen LogP contribution is 2.41. The molecule has 7 nitrogen and oxygen atoms in total. The molecule has 0 aliphatic heterocycles. The van der Waals surface area contributed by atoms with Gasteiger partial charge >= 0.3 is 0 Å². The van der Waals surface area contributed by atoms with E-state index in [-0.39, 0.29) is 0 Å². The Morgan fingerprint density at radius 3 is 1.32 bits per heavy atom. The molecule has 4 aromatic heterocycles. The lowest BCUT2D eigenvalue weighted by Crippen LogP contribution is -2.05. The van der Waals surface area contributed by atoms with E-state index in [0.29, 0.717) is 34.9 Å². The molecule has 0 unspecified atom stereocenters. The number of benzene rings is 9. The minimum absolute atomic E-state index is 0.523. The minimum atomic E-state index is 0.523. The van der Waals surface area contributed by atoms with Crippen molar-refractivity contribution in [2.45, 2.75) is 0 Å². The van der Waals surface area contributed by atoms with Gasteiger partial charge in [0.25, 0.3) is 0 Å². The van der Waals surface area contributed by atoms with Crippen LogP contribution < -0.4 is 0 Å². The summed E-state index contributed by atoms with van der Waals surface area (Å²) in [6.07, 6.45) is 0.